The molecule has 2 aromatic rings. The van der Waals surface area contributed by atoms with Crippen LogP contribution in [0.25, 0.3) is 0 Å². The van der Waals surface area contributed by atoms with Crippen LogP contribution in [0.3, 0.4) is 0 Å². The van der Waals surface area contributed by atoms with Gasteiger partial charge in [0, 0.05) is 5.69 Å². The van der Waals surface area contributed by atoms with Gasteiger partial charge in [-0.15, -0.1) is 0 Å². The third kappa shape index (κ3) is 3.26. The maximum Gasteiger partial charge on any atom is 0.229 e. The van der Waals surface area contributed by atoms with Crippen LogP contribution in [0.4, 0.5) is 15.8 Å². The van der Waals surface area contributed by atoms with Crippen LogP contribution in [0.15, 0.2) is 42.5 Å². The minimum Gasteiger partial charge on any atom is -0.495 e. The number of carbonyl (C=O) groups is 1. The zero-order valence-corrected chi connectivity index (χ0v) is 11.0. The Morgan fingerprint density at radius 3 is 2.75 bits per heavy atom. The van der Waals surface area contributed by atoms with Crippen molar-refractivity contribution in [1.82, 2.24) is 0 Å². The van der Waals surface area contributed by atoms with Crippen molar-refractivity contribution >= 4 is 17.3 Å². The van der Waals surface area contributed by atoms with Crippen LogP contribution >= 0.6 is 0 Å². The molecule has 0 aliphatic heterocycles. The first-order valence-corrected chi connectivity index (χ1v) is 6.07. The zero-order valence-electron chi connectivity index (χ0n) is 11.0. The molecule has 0 saturated carbocycles. The van der Waals surface area contributed by atoms with E-state index < -0.39 is 5.82 Å². The largest absolute Gasteiger partial charge is 0.495 e. The highest BCUT2D eigenvalue weighted by Crippen LogP contribution is 2.26. The predicted molar refractivity (Wildman–Crippen MR) is 76.1 cm³/mol. The molecule has 0 aliphatic rings. The first kappa shape index (κ1) is 13.9. The Morgan fingerprint density at radius 1 is 1.30 bits per heavy atom. The number of ether oxygens (including phenoxy) is 1. The topological polar surface area (TPSA) is 64.3 Å². The average Bonchev–Trinajstić information content (AvgIpc) is 2.41. The highest BCUT2D eigenvalue weighted by atomic mass is 19.1. The Kier molecular flexibility index (Phi) is 4.20. The summed E-state index contributed by atoms with van der Waals surface area (Å²) in [6.45, 7) is 0. The SMILES string of the molecule is COc1ccc(N)cc1NC(=O)Cc1ccccc1F. The summed E-state index contributed by atoms with van der Waals surface area (Å²) >= 11 is 0. The van der Waals surface area contributed by atoms with E-state index in [4.69, 9.17) is 10.5 Å². The Morgan fingerprint density at radius 2 is 2.05 bits per heavy atom. The van der Waals surface area contributed by atoms with Crippen molar-refractivity contribution in [2.45, 2.75) is 6.42 Å². The fourth-order valence-corrected chi connectivity index (χ4v) is 1.83. The lowest BCUT2D eigenvalue weighted by Gasteiger charge is -2.11. The molecule has 4 nitrogen and oxygen atoms in total. The van der Waals surface area contributed by atoms with Gasteiger partial charge in [0.1, 0.15) is 11.6 Å². The van der Waals surface area contributed by atoms with E-state index >= 15 is 0 Å². The highest BCUT2D eigenvalue weighted by molar-refractivity contribution is 5.94. The predicted octanol–water partition coefficient (Wildman–Crippen LogP) is 2.60. The van der Waals surface area contributed by atoms with Gasteiger partial charge < -0.3 is 15.8 Å². The van der Waals surface area contributed by atoms with Crippen LogP contribution in [0.2, 0.25) is 0 Å². The molecule has 0 saturated heterocycles. The third-order valence-corrected chi connectivity index (χ3v) is 2.81. The van der Waals surface area contributed by atoms with Crippen molar-refractivity contribution in [2.24, 2.45) is 0 Å². The molecular formula is C15H15FN2O2. The van der Waals surface area contributed by atoms with Crippen molar-refractivity contribution in [3.63, 3.8) is 0 Å². The molecule has 0 aliphatic carbocycles. The van der Waals surface area contributed by atoms with E-state index in [1.807, 2.05) is 0 Å². The van der Waals surface area contributed by atoms with Gasteiger partial charge in [-0.25, -0.2) is 4.39 Å². The number of halogens is 1. The van der Waals surface area contributed by atoms with Crippen LogP contribution in [0.5, 0.6) is 5.75 Å². The number of hydrogen-bond acceptors (Lipinski definition) is 3. The van der Waals surface area contributed by atoms with Crippen LogP contribution in [-0.2, 0) is 11.2 Å². The number of benzene rings is 2. The first-order valence-electron chi connectivity index (χ1n) is 6.07. The number of hydrogen-bond donors (Lipinski definition) is 2. The maximum absolute atomic E-state index is 13.5. The lowest BCUT2D eigenvalue weighted by Crippen LogP contribution is -2.16. The summed E-state index contributed by atoms with van der Waals surface area (Å²) in [4.78, 5) is 11.9. The van der Waals surface area contributed by atoms with Gasteiger partial charge in [-0.1, -0.05) is 18.2 Å². The van der Waals surface area contributed by atoms with Crippen molar-refractivity contribution in [1.29, 1.82) is 0 Å². The molecule has 1 amide bonds. The summed E-state index contributed by atoms with van der Waals surface area (Å²) in [5.74, 6) is -0.234. The van der Waals surface area contributed by atoms with Gasteiger partial charge in [-0.2, -0.15) is 0 Å². The molecule has 104 valence electrons. The smallest absolute Gasteiger partial charge is 0.229 e. The van der Waals surface area contributed by atoms with Crippen molar-refractivity contribution in [3.8, 4) is 5.75 Å². The molecule has 0 aromatic heterocycles. The number of nitrogens with two attached hydrogens (primary N) is 1. The second-order valence-electron chi connectivity index (χ2n) is 4.28. The van der Waals surface area contributed by atoms with Crippen molar-refractivity contribution in [2.75, 3.05) is 18.2 Å². The lowest BCUT2D eigenvalue weighted by atomic mass is 10.1. The number of carbonyl (C=O) groups excluding carboxylic acids is 1. The molecule has 0 unspecified atom stereocenters. The van der Waals surface area contributed by atoms with Crippen LogP contribution in [-0.4, -0.2) is 13.0 Å². The van der Waals surface area contributed by atoms with Crippen molar-refractivity contribution < 1.29 is 13.9 Å². The van der Waals surface area contributed by atoms with E-state index in [-0.39, 0.29) is 12.3 Å². The lowest BCUT2D eigenvalue weighted by molar-refractivity contribution is -0.115. The summed E-state index contributed by atoms with van der Waals surface area (Å²) in [5.41, 5.74) is 6.98. The van der Waals surface area contributed by atoms with Crippen LogP contribution in [0, 0.1) is 5.82 Å². The summed E-state index contributed by atoms with van der Waals surface area (Å²) in [6.07, 6.45) is -0.0510. The van der Waals surface area contributed by atoms with E-state index in [1.54, 1.807) is 36.4 Å². The monoisotopic (exact) mass is 274 g/mol. The van der Waals surface area contributed by atoms with E-state index in [0.717, 1.165) is 0 Å². The van der Waals surface area contributed by atoms with Gasteiger partial charge in [0.05, 0.1) is 19.2 Å². The molecule has 0 spiro atoms. The Balaban J connectivity index is 2.12. The summed E-state index contributed by atoms with van der Waals surface area (Å²) < 4.78 is 18.6. The molecule has 5 heteroatoms. The summed E-state index contributed by atoms with van der Waals surface area (Å²) in [5, 5.41) is 2.67. The standard InChI is InChI=1S/C15H15FN2O2/c1-20-14-7-6-11(17)9-13(14)18-15(19)8-10-4-2-3-5-12(10)16/h2-7,9H,8,17H2,1H3,(H,18,19). The van der Waals surface area contributed by atoms with E-state index in [1.165, 1.54) is 13.2 Å². The number of anilines is 2. The van der Waals surface area contributed by atoms with Gasteiger partial charge in [0.25, 0.3) is 0 Å². The Hall–Kier alpha value is -2.56. The first-order chi connectivity index (χ1) is 9.60. The van der Waals surface area contributed by atoms with Gasteiger partial charge in [0.2, 0.25) is 5.91 Å². The molecule has 20 heavy (non-hydrogen) atoms. The Bertz CT molecular complexity index is 629. The molecule has 0 atom stereocenters. The Labute approximate surface area is 116 Å². The highest BCUT2D eigenvalue weighted by Gasteiger charge is 2.11. The van der Waals surface area contributed by atoms with Crippen LogP contribution in [0.1, 0.15) is 5.56 Å². The van der Waals surface area contributed by atoms with Gasteiger partial charge in [0.15, 0.2) is 0 Å². The number of amides is 1. The quantitative estimate of drug-likeness (QED) is 0.842. The fourth-order valence-electron chi connectivity index (χ4n) is 1.83. The number of methoxy groups -OCH3 is 1. The molecule has 0 fully saturated rings. The molecule has 3 N–H and O–H groups in total. The summed E-state index contributed by atoms with van der Waals surface area (Å²) in [7, 11) is 1.50. The van der Waals surface area contributed by atoms with Gasteiger partial charge in [-0.05, 0) is 29.8 Å². The molecule has 0 heterocycles. The molecule has 2 rings (SSSR count). The molecule has 0 radical (unpaired) electrons. The zero-order chi connectivity index (χ0) is 14.5. The normalized spacial score (nSPS) is 10.1. The summed E-state index contributed by atoms with van der Waals surface area (Å²) in [6, 6.07) is 11.1. The van der Waals surface area contributed by atoms with Gasteiger partial charge in [-0.3, -0.25) is 4.79 Å². The van der Waals surface area contributed by atoms with Crippen molar-refractivity contribution in [3.05, 3.63) is 53.8 Å². The van der Waals surface area contributed by atoms with E-state index in [2.05, 4.69) is 5.32 Å². The number of rotatable bonds is 4. The number of nitrogen functional groups attached to an aromatic ring is 1. The van der Waals surface area contributed by atoms with E-state index in [9.17, 15) is 9.18 Å². The molecule has 2 aromatic carbocycles. The molecule has 0 bridgehead atoms. The van der Waals surface area contributed by atoms with Gasteiger partial charge >= 0.3 is 0 Å². The third-order valence-electron chi connectivity index (χ3n) is 2.81. The second-order valence-corrected chi connectivity index (χ2v) is 4.28. The molecular weight excluding hydrogens is 259 g/mol. The van der Waals surface area contributed by atoms with E-state index in [0.29, 0.717) is 22.7 Å². The second kappa shape index (κ2) is 6.06. The minimum atomic E-state index is -0.401. The fraction of sp³-hybridized carbons (Fsp3) is 0.133. The number of nitrogens with one attached hydrogen (secondary N) is 1. The maximum atomic E-state index is 13.5. The minimum absolute atomic E-state index is 0.0510. The van der Waals surface area contributed by atoms with Crippen LogP contribution < -0.4 is 15.8 Å². The average molecular weight is 274 g/mol.